The molecule has 0 saturated heterocycles. The van der Waals surface area contributed by atoms with Crippen LogP contribution in [0.15, 0.2) is 143 Å². The van der Waals surface area contributed by atoms with Gasteiger partial charge < -0.3 is 67.1 Å². The van der Waals surface area contributed by atoms with Gasteiger partial charge in [0.15, 0.2) is 22.8 Å². The maximum Gasteiger partial charge on any atom is 0.221 e. The number of carbonyl (C=O) groups excluding carboxylic acids is 1. The van der Waals surface area contributed by atoms with Crippen LogP contribution >= 0.6 is 0 Å². The largest absolute Gasteiger partial charge is 0.508 e. The molecule has 6 aromatic rings. The highest BCUT2D eigenvalue weighted by Crippen LogP contribution is 2.31. The number of hydrogen-bond acceptors (Lipinski definition) is 16. The molecular weight excluding hydrogens is 986 g/mol. The molecule has 0 atom stereocenters. The Morgan fingerprint density at radius 3 is 1.64 bits per heavy atom. The lowest BCUT2D eigenvalue weighted by Crippen LogP contribution is -2.08. The van der Waals surface area contributed by atoms with Crippen LogP contribution in [0.1, 0.15) is 73.1 Å². The Bertz CT molecular complexity index is 3010. The third kappa shape index (κ3) is 25.2. The summed E-state index contributed by atoms with van der Waals surface area (Å²) in [5.74, 6) is 6.91. The predicted molar refractivity (Wildman–Crippen MR) is 327 cm³/mol. The number of nitrogens with two attached hydrogens (primary N) is 2. The zero-order valence-corrected chi connectivity index (χ0v) is 45.3. The Balaban J connectivity index is 0.000000929. The van der Waals surface area contributed by atoms with Gasteiger partial charge in [-0.1, -0.05) is 45.9 Å². The Morgan fingerprint density at radius 2 is 1.13 bits per heavy atom. The number of fused-ring (bicyclic) bond motifs is 2. The van der Waals surface area contributed by atoms with Crippen LogP contribution in [-0.2, 0) is 4.79 Å². The van der Waals surface area contributed by atoms with E-state index in [4.69, 9.17) is 36.5 Å². The number of anilines is 6. The van der Waals surface area contributed by atoms with Crippen LogP contribution in [0.2, 0.25) is 6.82 Å². The lowest BCUT2D eigenvalue weighted by atomic mass is 10.1. The molecule has 1 heterocycles. The highest BCUT2D eigenvalue weighted by atomic mass is 16.6. The first-order chi connectivity index (χ1) is 36.4. The van der Waals surface area contributed by atoms with Crippen molar-refractivity contribution in [3.05, 3.63) is 156 Å². The molecule has 8 rings (SSSR count). The van der Waals surface area contributed by atoms with E-state index < -0.39 is 0 Å². The summed E-state index contributed by atoms with van der Waals surface area (Å²) in [5, 5.41) is 61.4. The molecule has 1 aliphatic carbocycles. The summed E-state index contributed by atoms with van der Waals surface area (Å²) in [6.07, 6.45) is 0. The number of hydrogen-bond donors (Lipinski definition) is 12. The van der Waals surface area contributed by atoms with E-state index in [9.17, 15) is 9.90 Å². The molecule has 14 N–H and O–H groups in total. The minimum atomic E-state index is -0.143. The second kappa shape index (κ2) is 37.9. The van der Waals surface area contributed by atoms with Gasteiger partial charge in [0.2, 0.25) is 5.91 Å². The third-order valence-corrected chi connectivity index (χ3v) is 10.1. The van der Waals surface area contributed by atoms with Crippen LogP contribution in [0.4, 0.5) is 34.1 Å². The van der Waals surface area contributed by atoms with Crippen molar-refractivity contribution < 1.29 is 39.6 Å². The predicted octanol–water partition coefficient (Wildman–Crippen LogP) is 12.7. The van der Waals surface area contributed by atoms with Crippen molar-refractivity contribution in [2.45, 2.75) is 84.0 Å². The van der Waals surface area contributed by atoms with Crippen LogP contribution in [0.5, 0.6) is 34.5 Å². The first kappa shape index (κ1) is 69.2. The van der Waals surface area contributed by atoms with Crippen molar-refractivity contribution in [1.82, 2.24) is 4.98 Å². The number of nitrogens with one attached hydrogen (secondary N) is 5. The van der Waals surface area contributed by atoms with Crippen molar-refractivity contribution in [2.24, 2.45) is 10.9 Å². The van der Waals surface area contributed by atoms with Crippen LogP contribution in [0.3, 0.4) is 0 Å². The fourth-order valence-corrected chi connectivity index (χ4v) is 6.69. The molecule has 2 radical (unpaired) electrons. The Labute approximate surface area is 463 Å². The average molecular weight is 1070 g/mol. The van der Waals surface area contributed by atoms with Gasteiger partial charge in [0.1, 0.15) is 34.2 Å². The summed E-state index contributed by atoms with van der Waals surface area (Å²) in [6, 6.07) is 38.6. The molecule has 1 amide bonds. The zero-order chi connectivity index (χ0) is 56.6. The van der Waals surface area contributed by atoms with E-state index in [0.29, 0.717) is 28.6 Å². The van der Waals surface area contributed by atoms with E-state index in [1.165, 1.54) is 25.9 Å². The monoisotopic (exact) mass is 1070 g/mol. The summed E-state index contributed by atoms with van der Waals surface area (Å²) < 4.78 is 6.01. The number of phenolic OH excluding ortho intramolecular Hbond substituents is 5. The molecule has 1 aliphatic heterocycles. The molecule has 0 spiro atoms. The number of benzene rings is 7. The maximum atomic E-state index is 10.5. The van der Waals surface area contributed by atoms with Gasteiger partial charge in [0, 0.05) is 116 Å². The number of nitrogen functional groups attached to an aromatic ring is 1. The Hall–Kier alpha value is -8.77. The number of amides is 1. The molecule has 420 valence electrons. The summed E-state index contributed by atoms with van der Waals surface area (Å²) >= 11 is 0. The average Bonchev–Trinajstić information content (AvgIpc) is 3.38. The SMILES string of the molecule is C.C.CC(=O)Nc1cccc(O)c1.CCN=c1cc2oc3cc(NCC)ccc3nc-2cc1C.CCNc1cc(O)c(ON)cc1C.CCNc1cc(O)ccc1C.CCNc1cccc(O)c1.Nc1cccc(O)c1.[B]C. The van der Waals surface area contributed by atoms with Crippen LogP contribution in [0, 0.1) is 20.8 Å². The minimum Gasteiger partial charge on any atom is -0.508 e. The summed E-state index contributed by atoms with van der Waals surface area (Å²) in [5.41, 5.74) is 16.2. The second-order valence-electron chi connectivity index (χ2n) is 16.2. The second-order valence-corrected chi connectivity index (χ2v) is 16.2. The first-order valence-corrected chi connectivity index (χ1v) is 24.7. The van der Waals surface area contributed by atoms with Gasteiger partial charge in [-0.2, -0.15) is 5.90 Å². The number of phenols is 5. The van der Waals surface area contributed by atoms with Crippen molar-refractivity contribution in [2.75, 3.05) is 65.0 Å². The van der Waals surface area contributed by atoms with Crippen LogP contribution < -0.4 is 48.4 Å². The summed E-state index contributed by atoms with van der Waals surface area (Å²) in [4.78, 5) is 24.2. The van der Waals surface area contributed by atoms with Crippen molar-refractivity contribution in [3.63, 3.8) is 0 Å². The van der Waals surface area contributed by atoms with E-state index >= 15 is 0 Å². The van der Waals surface area contributed by atoms with E-state index in [0.717, 1.165) is 100 Å². The maximum absolute atomic E-state index is 10.5. The van der Waals surface area contributed by atoms with Gasteiger partial charge in [-0.3, -0.25) is 9.79 Å². The minimum absolute atomic E-state index is 0. The van der Waals surface area contributed by atoms with E-state index in [1.54, 1.807) is 72.8 Å². The Kier molecular flexibility index (Phi) is 33.6. The smallest absolute Gasteiger partial charge is 0.221 e. The number of carbonyl (C=O) groups is 1. The Morgan fingerprint density at radius 1 is 0.603 bits per heavy atom. The molecule has 0 fully saturated rings. The highest BCUT2D eigenvalue weighted by Gasteiger charge is 2.11. The lowest BCUT2D eigenvalue weighted by molar-refractivity contribution is -0.114. The van der Waals surface area contributed by atoms with Gasteiger partial charge in [0.25, 0.3) is 0 Å². The van der Waals surface area contributed by atoms with E-state index in [-0.39, 0.29) is 38.0 Å². The van der Waals surface area contributed by atoms with Crippen molar-refractivity contribution in [1.29, 1.82) is 0 Å². The molecule has 17 nitrogen and oxygen atoms in total. The summed E-state index contributed by atoms with van der Waals surface area (Å²) in [6.45, 7) is 23.2. The van der Waals surface area contributed by atoms with Crippen LogP contribution in [-0.4, -0.2) is 77.0 Å². The molecule has 0 unspecified atom stereocenters. The van der Waals surface area contributed by atoms with Gasteiger partial charge >= 0.3 is 0 Å². The highest BCUT2D eigenvalue weighted by molar-refractivity contribution is 6.05. The fraction of sp³-hybridized carbons (Fsp3) is 0.283. The zero-order valence-electron chi connectivity index (χ0n) is 45.3. The van der Waals surface area contributed by atoms with Crippen molar-refractivity contribution >= 4 is 59.0 Å². The number of nitrogens with zero attached hydrogens (tertiary/aromatic N) is 2. The standard InChI is InChI=1S/C17H19N3O.C9H14N2O2.C9H13NO.C8H9NO2.C8H11NO.C6H7NO.CH3B.2CH4/c1-4-18-12-6-7-13-16(9-12)21-17-10-14(19-5-2)11(3)8-15(17)20-13;1-3-11-7-5-8(12)9(13-10)4-6(7)2;1-3-10-9-6-8(11)5-4-7(9)2;1-6(10)9-7-3-2-4-8(11)5-7;1-2-9-7-4-3-5-8(10)6-7;7-5-2-1-3-6(8)4-5;1-2;;/h6-10,18H,4-5H2,1-3H3;4-5,11-12H,3,10H2,1-2H3;4-6,10-11H,3H2,1-2H3;2-5,11H,1H3,(H,9,10);3-6,9-10H,2H2,1H3;1-4,8H,7H2;1H3;2*1H4. The third-order valence-electron chi connectivity index (χ3n) is 10.1. The lowest BCUT2D eigenvalue weighted by Gasteiger charge is -2.10. The quantitative estimate of drug-likeness (QED) is 0.0248. The molecule has 0 aromatic heterocycles. The van der Waals surface area contributed by atoms with Crippen LogP contribution in [0.25, 0.3) is 22.6 Å². The number of aryl methyl sites for hydroxylation is 3. The van der Waals surface area contributed by atoms with E-state index in [1.807, 2.05) is 97.0 Å². The topological polar surface area (TPSA) is 278 Å². The van der Waals surface area contributed by atoms with Gasteiger partial charge in [-0.15, -0.1) is 0 Å². The summed E-state index contributed by atoms with van der Waals surface area (Å²) in [7, 11) is 4.50. The first-order valence-electron chi connectivity index (χ1n) is 24.7. The number of aromatic hydroxyl groups is 5. The van der Waals surface area contributed by atoms with Gasteiger partial charge in [-0.25, -0.2) is 4.98 Å². The molecule has 0 saturated carbocycles. The molecule has 78 heavy (non-hydrogen) atoms. The molecule has 0 bridgehead atoms. The fourth-order valence-electron chi connectivity index (χ4n) is 6.69. The van der Waals surface area contributed by atoms with E-state index in [2.05, 4.69) is 56.2 Å². The normalized spacial score (nSPS) is 9.76. The molecule has 6 aromatic carbocycles. The molecule has 18 heteroatoms. The molecular formula is C60H84BN9O8. The number of rotatable bonds is 11. The molecule has 2 aliphatic rings. The van der Waals surface area contributed by atoms with Gasteiger partial charge in [-0.05, 0) is 139 Å². The van der Waals surface area contributed by atoms with Crippen molar-refractivity contribution in [3.8, 4) is 46.0 Å². The number of aromatic nitrogens is 1. The van der Waals surface area contributed by atoms with Gasteiger partial charge in [0.05, 0.1) is 13.2 Å².